The zero-order chi connectivity index (χ0) is 12.5. The molecule has 1 heterocycles. The number of rotatable bonds is 2. The lowest BCUT2D eigenvalue weighted by Crippen LogP contribution is -2.21. The van der Waals surface area contributed by atoms with Gasteiger partial charge in [-0.15, -0.1) is 11.3 Å². The molecule has 4 heteroatoms. The van der Waals surface area contributed by atoms with Crippen LogP contribution in [-0.2, 0) is 10.8 Å². The number of nitrogens with zero attached hydrogens (tertiary/aromatic N) is 1. The first-order chi connectivity index (χ1) is 8.74. The summed E-state index contributed by atoms with van der Waals surface area (Å²) in [6.07, 6.45) is 6.30. The van der Waals surface area contributed by atoms with E-state index in [1.165, 1.54) is 9.71 Å². The molecule has 2 nitrogen and oxygen atoms in total. The highest BCUT2D eigenvalue weighted by atomic mass is 32.2. The van der Waals surface area contributed by atoms with E-state index in [1.807, 2.05) is 23.7 Å². The molecule has 0 N–H and O–H groups in total. The van der Waals surface area contributed by atoms with Gasteiger partial charge in [0.25, 0.3) is 0 Å². The Morgan fingerprint density at radius 3 is 2.61 bits per heavy atom. The molecule has 0 saturated heterocycles. The fraction of sp³-hybridized carbons (Fsp3) is 0.500. The fourth-order valence-electron chi connectivity index (χ4n) is 2.71. The van der Waals surface area contributed by atoms with E-state index < -0.39 is 10.8 Å². The van der Waals surface area contributed by atoms with Crippen LogP contribution in [-0.4, -0.2) is 20.7 Å². The zero-order valence-corrected chi connectivity index (χ0v) is 12.1. The monoisotopic (exact) mass is 279 g/mol. The Kier molecular flexibility index (Phi) is 3.48. The minimum absolute atomic E-state index is 0.413. The highest BCUT2D eigenvalue weighted by Crippen LogP contribution is 2.37. The van der Waals surface area contributed by atoms with Crippen LogP contribution in [0.25, 0.3) is 10.2 Å². The molecule has 1 aromatic carbocycles. The highest BCUT2D eigenvalue weighted by molar-refractivity contribution is 7.84. The summed E-state index contributed by atoms with van der Waals surface area (Å²) < 4.78 is 12.8. The predicted octanol–water partition coefficient (Wildman–Crippen LogP) is 3.70. The van der Waals surface area contributed by atoms with Crippen molar-refractivity contribution >= 4 is 32.4 Å². The van der Waals surface area contributed by atoms with Gasteiger partial charge in [-0.1, -0.05) is 12.1 Å². The Bertz CT molecular complexity index is 537. The number of aromatic nitrogens is 1. The van der Waals surface area contributed by atoms with Gasteiger partial charge in [-0.2, -0.15) is 0 Å². The Hall–Kier alpha value is -0.740. The average molecular weight is 279 g/mol. The van der Waals surface area contributed by atoms with Crippen molar-refractivity contribution in [1.82, 2.24) is 4.98 Å². The second-order valence-electron chi connectivity index (χ2n) is 4.99. The Morgan fingerprint density at radius 2 is 1.94 bits per heavy atom. The third-order valence-electron chi connectivity index (χ3n) is 3.80. The molecule has 1 aliphatic rings. The summed E-state index contributed by atoms with van der Waals surface area (Å²) in [6.45, 7) is 0. The zero-order valence-electron chi connectivity index (χ0n) is 10.5. The summed E-state index contributed by atoms with van der Waals surface area (Å²) in [4.78, 5) is 4.75. The summed E-state index contributed by atoms with van der Waals surface area (Å²) in [5, 5.41) is 1.69. The van der Waals surface area contributed by atoms with Gasteiger partial charge >= 0.3 is 0 Å². The van der Waals surface area contributed by atoms with Gasteiger partial charge in [-0.25, -0.2) is 4.98 Å². The largest absolute Gasteiger partial charge is 0.260 e. The minimum atomic E-state index is -0.655. The first-order valence-electron chi connectivity index (χ1n) is 6.42. The standard InChI is InChI=1S/C14H17NOS2/c1-18(16)11-8-6-10(7-9-11)14-15-12-4-2-3-5-13(12)17-14/h2-5,10-11H,6-9H2,1H3. The molecule has 0 bridgehead atoms. The molecule has 0 radical (unpaired) electrons. The fourth-order valence-corrected chi connectivity index (χ4v) is 4.78. The molecule has 18 heavy (non-hydrogen) atoms. The van der Waals surface area contributed by atoms with Gasteiger partial charge in [0.05, 0.1) is 15.2 Å². The SMILES string of the molecule is CS(=O)C1CCC(c2nc3ccccc3s2)CC1. The first kappa shape index (κ1) is 12.3. The molecule has 0 aliphatic heterocycles. The lowest BCUT2D eigenvalue weighted by atomic mass is 9.89. The topological polar surface area (TPSA) is 30.0 Å². The van der Waals surface area contributed by atoms with Crippen LogP contribution >= 0.6 is 11.3 Å². The van der Waals surface area contributed by atoms with Crippen molar-refractivity contribution in [2.75, 3.05) is 6.26 Å². The number of fused-ring (bicyclic) bond motifs is 1. The van der Waals surface area contributed by atoms with Gasteiger partial charge in [-0.3, -0.25) is 4.21 Å². The normalized spacial score (nSPS) is 26.3. The lowest BCUT2D eigenvalue weighted by molar-refractivity contribution is 0.446. The Balaban J connectivity index is 1.78. The van der Waals surface area contributed by atoms with E-state index in [0.29, 0.717) is 11.2 Å². The number of para-hydroxylation sites is 1. The van der Waals surface area contributed by atoms with Crippen LogP contribution in [0.1, 0.15) is 36.6 Å². The van der Waals surface area contributed by atoms with Crippen molar-refractivity contribution in [3.8, 4) is 0 Å². The number of thiazole rings is 1. The van der Waals surface area contributed by atoms with Crippen LogP contribution < -0.4 is 0 Å². The van der Waals surface area contributed by atoms with E-state index in [9.17, 15) is 4.21 Å². The molecule has 1 unspecified atom stereocenters. The average Bonchev–Trinajstić information content (AvgIpc) is 2.82. The molecule has 1 saturated carbocycles. The molecule has 1 atom stereocenters. The van der Waals surface area contributed by atoms with E-state index >= 15 is 0 Å². The highest BCUT2D eigenvalue weighted by Gasteiger charge is 2.26. The maximum atomic E-state index is 11.5. The van der Waals surface area contributed by atoms with Crippen molar-refractivity contribution in [1.29, 1.82) is 0 Å². The second kappa shape index (κ2) is 5.10. The molecule has 0 spiro atoms. The van der Waals surface area contributed by atoms with Gasteiger partial charge in [0.15, 0.2) is 0 Å². The van der Waals surface area contributed by atoms with Crippen molar-refractivity contribution in [3.05, 3.63) is 29.3 Å². The molecule has 2 aromatic rings. The van der Waals surface area contributed by atoms with Crippen molar-refractivity contribution in [2.24, 2.45) is 0 Å². The van der Waals surface area contributed by atoms with Crippen molar-refractivity contribution in [2.45, 2.75) is 36.9 Å². The van der Waals surface area contributed by atoms with Crippen LogP contribution in [0, 0.1) is 0 Å². The van der Waals surface area contributed by atoms with Crippen molar-refractivity contribution < 1.29 is 4.21 Å². The lowest BCUT2D eigenvalue weighted by Gasteiger charge is -2.25. The molecule has 0 amide bonds. The number of hydrogen-bond donors (Lipinski definition) is 0. The third kappa shape index (κ3) is 2.36. The molecule has 1 aliphatic carbocycles. The maximum absolute atomic E-state index is 11.5. The summed E-state index contributed by atoms with van der Waals surface area (Å²) in [7, 11) is -0.655. The summed E-state index contributed by atoms with van der Waals surface area (Å²) in [5.41, 5.74) is 1.12. The molecule has 1 aromatic heterocycles. The van der Waals surface area contributed by atoms with E-state index in [2.05, 4.69) is 18.2 Å². The first-order valence-corrected chi connectivity index (χ1v) is 8.85. The molecular weight excluding hydrogens is 262 g/mol. The smallest absolute Gasteiger partial charge is 0.0969 e. The molecule has 3 rings (SSSR count). The Morgan fingerprint density at radius 1 is 1.22 bits per heavy atom. The summed E-state index contributed by atoms with van der Waals surface area (Å²) >= 11 is 1.83. The van der Waals surface area contributed by atoms with Gasteiger partial charge in [0.1, 0.15) is 0 Å². The summed E-state index contributed by atoms with van der Waals surface area (Å²) in [5.74, 6) is 0.585. The predicted molar refractivity (Wildman–Crippen MR) is 78.7 cm³/mol. The number of benzene rings is 1. The van der Waals surface area contributed by atoms with E-state index in [0.717, 1.165) is 31.2 Å². The maximum Gasteiger partial charge on any atom is 0.0969 e. The number of hydrogen-bond acceptors (Lipinski definition) is 3. The summed E-state index contributed by atoms with van der Waals surface area (Å²) in [6, 6.07) is 8.34. The van der Waals surface area contributed by atoms with Gasteiger partial charge in [-0.05, 0) is 37.8 Å². The van der Waals surface area contributed by atoms with Crippen LogP contribution in [0.15, 0.2) is 24.3 Å². The Labute approximate surface area is 114 Å². The van der Waals surface area contributed by atoms with E-state index in [-0.39, 0.29) is 0 Å². The molecule has 96 valence electrons. The minimum Gasteiger partial charge on any atom is -0.260 e. The van der Waals surface area contributed by atoms with E-state index in [1.54, 1.807) is 0 Å². The van der Waals surface area contributed by atoms with Gasteiger partial charge < -0.3 is 0 Å². The van der Waals surface area contributed by atoms with Crippen LogP contribution in [0.5, 0.6) is 0 Å². The second-order valence-corrected chi connectivity index (χ2v) is 7.72. The van der Waals surface area contributed by atoms with Crippen LogP contribution in [0.3, 0.4) is 0 Å². The molecular formula is C14H17NOS2. The van der Waals surface area contributed by atoms with Crippen molar-refractivity contribution in [3.63, 3.8) is 0 Å². The van der Waals surface area contributed by atoms with E-state index in [4.69, 9.17) is 4.98 Å². The molecule has 1 fully saturated rings. The van der Waals surface area contributed by atoms with Crippen LogP contribution in [0.4, 0.5) is 0 Å². The quantitative estimate of drug-likeness (QED) is 0.839. The third-order valence-corrected chi connectivity index (χ3v) is 6.41. The van der Waals surface area contributed by atoms with Gasteiger partial charge in [0.2, 0.25) is 0 Å². The van der Waals surface area contributed by atoms with Crippen LogP contribution in [0.2, 0.25) is 0 Å². The van der Waals surface area contributed by atoms with Gasteiger partial charge in [0, 0.05) is 28.2 Å².